The maximum absolute atomic E-state index is 11.1. The van der Waals surface area contributed by atoms with Gasteiger partial charge in [-0.15, -0.1) is 0 Å². The summed E-state index contributed by atoms with van der Waals surface area (Å²) in [6, 6.07) is 11.1. The van der Waals surface area contributed by atoms with Gasteiger partial charge >= 0.3 is 5.97 Å². The minimum atomic E-state index is -0.976. The molecule has 2 saturated heterocycles. The van der Waals surface area contributed by atoms with Crippen LogP contribution in [-0.4, -0.2) is 51.6 Å². The zero-order valence-electron chi connectivity index (χ0n) is 14.3. The van der Waals surface area contributed by atoms with E-state index in [2.05, 4.69) is 44.0 Å². The Kier molecular flexibility index (Phi) is 4.13. The van der Waals surface area contributed by atoms with Gasteiger partial charge in [-0.05, 0) is 31.4 Å². The van der Waals surface area contributed by atoms with E-state index >= 15 is 0 Å². The normalized spacial score (nSPS) is 23.0. The SMILES string of the molecule is Cc1nc(N2C[C@@H]3CCN(Cc4ccccc4)[C@@H]3C2)ncc1C(=O)O. The zero-order valence-corrected chi connectivity index (χ0v) is 14.3. The molecule has 0 radical (unpaired) electrons. The molecule has 0 bridgehead atoms. The van der Waals surface area contributed by atoms with Gasteiger partial charge in [0, 0.05) is 31.9 Å². The van der Waals surface area contributed by atoms with Gasteiger partial charge < -0.3 is 10.0 Å². The van der Waals surface area contributed by atoms with Crippen molar-refractivity contribution in [2.45, 2.75) is 25.9 Å². The van der Waals surface area contributed by atoms with Crippen LogP contribution >= 0.6 is 0 Å². The van der Waals surface area contributed by atoms with Crippen LogP contribution in [0.25, 0.3) is 0 Å². The van der Waals surface area contributed by atoms with Crippen LogP contribution in [0.15, 0.2) is 36.5 Å². The Balaban J connectivity index is 1.47. The van der Waals surface area contributed by atoms with Gasteiger partial charge in [-0.2, -0.15) is 0 Å². The van der Waals surface area contributed by atoms with Crippen LogP contribution < -0.4 is 4.90 Å². The number of carbonyl (C=O) groups is 1. The van der Waals surface area contributed by atoms with Gasteiger partial charge in [0.15, 0.2) is 0 Å². The minimum Gasteiger partial charge on any atom is -0.478 e. The highest BCUT2D eigenvalue weighted by Gasteiger charge is 2.41. The summed E-state index contributed by atoms with van der Waals surface area (Å²) in [5.41, 5.74) is 2.05. The molecule has 6 nitrogen and oxygen atoms in total. The number of nitrogens with zero attached hydrogens (tertiary/aromatic N) is 4. The molecule has 130 valence electrons. The Morgan fingerprint density at radius 1 is 1.28 bits per heavy atom. The molecule has 1 aromatic carbocycles. The highest BCUT2D eigenvalue weighted by molar-refractivity contribution is 5.88. The van der Waals surface area contributed by atoms with Crippen molar-refractivity contribution in [1.82, 2.24) is 14.9 Å². The average Bonchev–Trinajstić information content (AvgIpc) is 3.17. The molecule has 4 rings (SSSR count). The van der Waals surface area contributed by atoms with Crippen LogP contribution in [-0.2, 0) is 6.54 Å². The lowest BCUT2D eigenvalue weighted by molar-refractivity contribution is 0.0695. The fourth-order valence-electron chi connectivity index (χ4n) is 4.04. The molecule has 0 aliphatic carbocycles. The number of aromatic carboxylic acids is 1. The molecule has 0 saturated carbocycles. The summed E-state index contributed by atoms with van der Waals surface area (Å²) in [5, 5.41) is 9.13. The number of hydrogen-bond donors (Lipinski definition) is 1. The highest BCUT2D eigenvalue weighted by atomic mass is 16.4. The van der Waals surface area contributed by atoms with E-state index < -0.39 is 5.97 Å². The fraction of sp³-hybridized carbons (Fsp3) is 0.421. The first-order valence-corrected chi connectivity index (χ1v) is 8.71. The number of aryl methyl sites for hydroxylation is 1. The highest BCUT2D eigenvalue weighted by Crippen LogP contribution is 2.34. The largest absolute Gasteiger partial charge is 0.478 e. The van der Waals surface area contributed by atoms with E-state index in [0.717, 1.165) is 26.2 Å². The minimum absolute atomic E-state index is 0.175. The van der Waals surface area contributed by atoms with E-state index in [1.807, 2.05) is 6.07 Å². The molecule has 1 N–H and O–H groups in total. The number of anilines is 1. The monoisotopic (exact) mass is 338 g/mol. The third-order valence-electron chi connectivity index (χ3n) is 5.37. The predicted octanol–water partition coefficient (Wildman–Crippen LogP) is 2.19. The summed E-state index contributed by atoms with van der Waals surface area (Å²) >= 11 is 0. The maximum Gasteiger partial charge on any atom is 0.339 e. The van der Waals surface area contributed by atoms with Gasteiger partial charge in [-0.1, -0.05) is 30.3 Å². The van der Waals surface area contributed by atoms with Crippen molar-refractivity contribution in [1.29, 1.82) is 0 Å². The van der Waals surface area contributed by atoms with Crippen molar-refractivity contribution in [3.8, 4) is 0 Å². The molecule has 2 aromatic rings. The smallest absolute Gasteiger partial charge is 0.339 e. The summed E-state index contributed by atoms with van der Waals surface area (Å²) in [7, 11) is 0. The van der Waals surface area contributed by atoms with Crippen molar-refractivity contribution in [2.75, 3.05) is 24.5 Å². The molecular weight excluding hydrogens is 316 g/mol. The number of hydrogen-bond acceptors (Lipinski definition) is 5. The molecule has 6 heteroatoms. The number of aromatic nitrogens is 2. The first kappa shape index (κ1) is 16.0. The van der Waals surface area contributed by atoms with Gasteiger partial charge in [-0.3, -0.25) is 4.90 Å². The zero-order chi connectivity index (χ0) is 17.4. The summed E-state index contributed by atoms with van der Waals surface area (Å²) in [4.78, 5) is 24.6. The first-order valence-electron chi connectivity index (χ1n) is 8.71. The average molecular weight is 338 g/mol. The molecule has 2 aliphatic heterocycles. The number of carboxylic acids is 1. The predicted molar refractivity (Wildman–Crippen MR) is 94.7 cm³/mol. The molecular formula is C19H22N4O2. The van der Waals surface area contributed by atoms with Crippen LogP contribution in [0.1, 0.15) is 28.0 Å². The lowest BCUT2D eigenvalue weighted by Gasteiger charge is -2.25. The molecule has 0 unspecified atom stereocenters. The number of likely N-dealkylation sites (tertiary alicyclic amines) is 1. The topological polar surface area (TPSA) is 69.6 Å². The standard InChI is InChI=1S/C19H22N4O2/c1-13-16(18(24)25)9-20-19(21-13)23-11-15-7-8-22(17(15)12-23)10-14-5-3-2-4-6-14/h2-6,9,15,17H,7-8,10-12H2,1H3,(H,24,25)/t15-,17+/m0/s1. The Morgan fingerprint density at radius 3 is 2.80 bits per heavy atom. The Morgan fingerprint density at radius 2 is 2.08 bits per heavy atom. The summed E-state index contributed by atoms with van der Waals surface area (Å²) in [6.07, 6.45) is 2.62. The van der Waals surface area contributed by atoms with Gasteiger partial charge in [0.05, 0.1) is 11.3 Å². The third kappa shape index (κ3) is 3.09. The number of carboxylic acid groups (broad SMARTS) is 1. The molecule has 0 amide bonds. The van der Waals surface area contributed by atoms with E-state index in [4.69, 9.17) is 5.11 Å². The summed E-state index contributed by atoms with van der Waals surface area (Å²) in [6.45, 7) is 5.70. The fourth-order valence-corrected chi connectivity index (χ4v) is 4.04. The molecule has 2 fully saturated rings. The lowest BCUT2D eigenvalue weighted by atomic mass is 10.0. The van der Waals surface area contributed by atoms with Crippen LogP contribution in [0.2, 0.25) is 0 Å². The Labute approximate surface area is 147 Å². The number of benzene rings is 1. The molecule has 1 aromatic heterocycles. The molecule has 0 spiro atoms. The van der Waals surface area contributed by atoms with Crippen molar-refractivity contribution in [3.63, 3.8) is 0 Å². The van der Waals surface area contributed by atoms with E-state index in [0.29, 0.717) is 23.6 Å². The lowest BCUT2D eigenvalue weighted by Crippen LogP contribution is -2.35. The van der Waals surface area contributed by atoms with Crippen LogP contribution in [0.4, 0.5) is 5.95 Å². The van der Waals surface area contributed by atoms with Gasteiger partial charge in [0.1, 0.15) is 0 Å². The van der Waals surface area contributed by atoms with Crippen LogP contribution in [0.5, 0.6) is 0 Å². The van der Waals surface area contributed by atoms with E-state index in [1.54, 1.807) is 6.92 Å². The van der Waals surface area contributed by atoms with Crippen molar-refractivity contribution >= 4 is 11.9 Å². The Hall–Kier alpha value is -2.47. The second kappa shape index (κ2) is 6.44. The molecule has 2 aliphatic rings. The van der Waals surface area contributed by atoms with Crippen LogP contribution in [0.3, 0.4) is 0 Å². The van der Waals surface area contributed by atoms with Crippen molar-refractivity contribution in [2.24, 2.45) is 5.92 Å². The second-order valence-corrected chi connectivity index (χ2v) is 6.95. The molecule has 25 heavy (non-hydrogen) atoms. The molecule has 2 atom stereocenters. The van der Waals surface area contributed by atoms with Crippen molar-refractivity contribution < 1.29 is 9.90 Å². The van der Waals surface area contributed by atoms with Gasteiger partial charge in [0.25, 0.3) is 0 Å². The van der Waals surface area contributed by atoms with Crippen LogP contribution in [0, 0.1) is 12.8 Å². The first-order chi connectivity index (χ1) is 12.1. The number of rotatable bonds is 4. The van der Waals surface area contributed by atoms with Gasteiger partial charge in [0.2, 0.25) is 5.95 Å². The van der Waals surface area contributed by atoms with E-state index in [9.17, 15) is 4.79 Å². The maximum atomic E-state index is 11.1. The third-order valence-corrected chi connectivity index (χ3v) is 5.37. The van der Waals surface area contributed by atoms with Gasteiger partial charge in [-0.25, -0.2) is 14.8 Å². The second-order valence-electron chi connectivity index (χ2n) is 6.95. The quantitative estimate of drug-likeness (QED) is 0.922. The van der Waals surface area contributed by atoms with E-state index in [1.165, 1.54) is 18.2 Å². The van der Waals surface area contributed by atoms with E-state index in [-0.39, 0.29) is 5.56 Å². The summed E-state index contributed by atoms with van der Waals surface area (Å²) < 4.78 is 0. The number of fused-ring (bicyclic) bond motifs is 1. The molecule has 3 heterocycles. The summed E-state index contributed by atoms with van der Waals surface area (Å²) in [5.74, 6) is 0.305. The Bertz CT molecular complexity index is 780. The van der Waals surface area contributed by atoms with Crippen molar-refractivity contribution in [3.05, 3.63) is 53.3 Å².